The molecule has 3 heterocycles. The van der Waals surface area contributed by atoms with Gasteiger partial charge in [-0.15, -0.1) is 11.3 Å². The number of aryl methyl sites for hydroxylation is 1. The van der Waals surface area contributed by atoms with E-state index >= 15 is 0 Å². The van der Waals surface area contributed by atoms with E-state index in [2.05, 4.69) is 12.1 Å². The second kappa shape index (κ2) is 7.22. The molecule has 2 amide bonds. The second-order valence-corrected chi connectivity index (χ2v) is 8.46. The van der Waals surface area contributed by atoms with Crippen LogP contribution in [0.3, 0.4) is 0 Å². The first-order valence-electron chi connectivity index (χ1n) is 9.43. The van der Waals surface area contributed by atoms with E-state index in [0.717, 1.165) is 20.5 Å². The Hall–Kier alpha value is -1.96. The Bertz CT molecular complexity index is 864. The number of carbonyl (C=O) groups excluding carboxylic acids is 2. The van der Waals surface area contributed by atoms with E-state index in [4.69, 9.17) is 10.5 Å². The van der Waals surface area contributed by atoms with Crippen LogP contribution >= 0.6 is 11.3 Å². The molecule has 2 aromatic rings. The van der Waals surface area contributed by atoms with Crippen molar-refractivity contribution >= 4 is 33.2 Å². The van der Waals surface area contributed by atoms with Gasteiger partial charge in [0.2, 0.25) is 5.91 Å². The third-order valence-corrected chi connectivity index (χ3v) is 6.96. The van der Waals surface area contributed by atoms with Crippen LogP contribution in [0.15, 0.2) is 24.3 Å². The fourth-order valence-electron chi connectivity index (χ4n) is 3.90. The summed E-state index contributed by atoms with van der Waals surface area (Å²) < 4.78 is 6.47. The minimum Gasteiger partial charge on any atom is -0.381 e. The molecule has 1 aromatic heterocycles. The summed E-state index contributed by atoms with van der Waals surface area (Å²) >= 11 is 1.55. The van der Waals surface area contributed by atoms with Crippen LogP contribution in [0.4, 0.5) is 0 Å². The quantitative estimate of drug-likeness (QED) is 0.855. The first kappa shape index (κ1) is 18.4. The molecule has 27 heavy (non-hydrogen) atoms. The predicted molar refractivity (Wildman–Crippen MR) is 106 cm³/mol. The Morgan fingerprint density at radius 2 is 1.70 bits per heavy atom. The van der Waals surface area contributed by atoms with Gasteiger partial charge in [0, 0.05) is 44.1 Å². The van der Waals surface area contributed by atoms with Crippen LogP contribution in [0.1, 0.15) is 28.1 Å². The lowest BCUT2D eigenvalue weighted by molar-refractivity contribution is -0.142. The average Bonchev–Trinajstić information content (AvgIpc) is 3.04. The van der Waals surface area contributed by atoms with Crippen molar-refractivity contribution in [2.75, 3.05) is 39.4 Å². The maximum Gasteiger partial charge on any atom is 0.264 e. The van der Waals surface area contributed by atoms with Crippen molar-refractivity contribution in [2.45, 2.75) is 25.3 Å². The molecule has 0 unspecified atom stereocenters. The molecule has 0 aliphatic carbocycles. The van der Waals surface area contributed by atoms with Gasteiger partial charge in [0.05, 0.1) is 10.4 Å². The highest BCUT2D eigenvalue weighted by atomic mass is 32.1. The fourth-order valence-corrected chi connectivity index (χ4v) is 5.08. The molecule has 4 rings (SSSR count). The summed E-state index contributed by atoms with van der Waals surface area (Å²) in [6.45, 7) is 5.24. The Kier molecular flexibility index (Phi) is 4.92. The topological polar surface area (TPSA) is 75.9 Å². The summed E-state index contributed by atoms with van der Waals surface area (Å²) in [5, 5.41) is 1.14. The number of rotatable bonds is 2. The minimum absolute atomic E-state index is 0.00376. The van der Waals surface area contributed by atoms with Crippen LogP contribution < -0.4 is 5.73 Å². The Labute approximate surface area is 162 Å². The third-order valence-electron chi connectivity index (χ3n) is 5.70. The molecule has 2 aliphatic heterocycles. The van der Waals surface area contributed by atoms with Crippen molar-refractivity contribution in [1.82, 2.24) is 9.80 Å². The Morgan fingerprint density at radius 3 is 2.37 bits per heavy atom. The molecule has 0 radical (unpaired) electrons. The highest BCUT2D eigenvalue weighted by molar-refractivity contribution is 7.21. The van der Waals surface area contributed by atoms with Crippen LogP contribution in [-0.4, -0.2) is 66.5 Å². The summed E-state index contributed by atoms with van der Waals surface area (Å²) in [4.78, 5) is 30.3. The summed E-state index contributed by atoms with van der Waals surface area (Å²) in [6, 6.07) is 8.10. The molecule has 0 atom stereocenters. The summed E-state index contributed by atoms with van der Waals surface area (Å²) in [5.41, 5.74) is 6.56. The number of hydrogen-bond donors (Lipinski definition) is 1. The lowest BCUT2D eigenvalue weighted by Crippen LogP contribution is -2.61. The van der Waals surface area contributed by atoms with Crippen LogP contribution in [0.25, 0.3) is 10.1 Å². The van der Waals surface area contributed by atoms with Crippen molar-refractivity contribution in [3.63, 3.8) is 0 Å². The number of hydrogen-bond acceptors (Lipinski definition) is 5. The van der Waals surface area contributed by atoms with Crippen LogP contribution in [0.2, 0.25) is 0 Å². The highest BCUT2D eigenvalue weighted by Gasteiger charge is 2.40. The minimum atomic E-state index is -0.813. The standard InChI is InChI=1S/C20H25N3O3S/c1-14-15-4-2-3-5-16(15)27-17(14)18(24)22-8-10-23(11-9-22)19(25)20(21)6-12-26-13-7-20/h2-5H,6-13,21H2,1H3. The molecule has 2 fully saturated rings. The molecule has 0 saturated carbocycles. The van der Waals surface area contributed by atoms with Gasteiger partial charge in [0.1, 0.15) is 0 Å². The normalized spacial score (nSPS) is 20.1. The monoisotopic (exact) mass is 387 g/mol. The van der Waals surface area contributed by atoms with E-state index < -0.39 is 5.54 Å². The van der Waals surface area contributed by atoms with E-state index in [1.807, 2.05) is 28.9 Å². The van der Waals surface area contributed by atoms with E-state index in [1.165, 1.54) is 0 Å². The van der Waals surface area contributed by atoms with Gasteiger partial charge in [-0.05, 0) is 36.8 Å². The van der Waals surface area contributed by atoms with Crippen LogP contribution in [0.5, 0.6) is 0 Å². The van der Waals surface area contributed by atoms with Gasteiger partial charge >= 0.3 is 0 Å². The number of ether oxygens (including phenoxy) is 1. The number of amides is 2. The van der Waals surface area contributed by atoms with Gasteiger partial charge in [-0.25, -0.2) is 0 Å². The Morgan fingerprint density at radius 1 is 1.07 bits per heavy atom. The molecule has 7 heteroatoms. The van der Waals surface area contributed by atoms with Gasteiger partial charge in [0.15, 0.2) is 0 Å². The second-order valence-electron chi connectivity index (χ2n) is 7.41. The average molecular weight is 388 g/mol. The Balaban J connectivity index is 1.43. The van der Waals surface area contributed by atoms with Crippen molar-refractivity contribution in [2.24, 2.45) is 5.73 Å². The third kappa shape index (κ3) is 3.35. The zero-order valence-electron chi connectivity index (χ0n) is 15.6. The van der Waals surface area contributed by atoms with Crippen LogP contribution in [0, 0.1) is 6.92 Å². The van der Waals surface area contributed by atoms with Crippen LogP contribution in [-0.2, 0) is 9.53 Å². The SMILES string of the molecule is Cc1c(C(=O)N2CCN(C(=O)C3(N)CCOCC3)CC2)sc2ccccc12. The lowest BCUT2D eigenvalue weighted by Gasteiger charge is -2.40. The van der Waals surface area contributed by atoms with Gasteiger partial charge < -0.3 is 20.3 Å². The maximum absolute atomic E-state index is 13.0. The molecular weight excluding hydrogens is 362 g/mol. The molecule has 0 bridgehead atoms. The largest absolute Gasteiger partial charge is 0.381 e. The molecule has 2 saturated heterocycles. The zero-order chi connectivity index (χ0) is 19.0. The van der Waals surface area contributed by atoms with Crippen molar-refractivity contribution in [1.29, 1.82) is 0 Å². The molecule has 144 valence electrons. The first-order chi connectivity index (χ1) is 13.0. The van der Waals surface area contributed by atoms with Gasteiger partial charge in [-0.1, -0.05) is 18.2 Å². The first-order valence-corrected chi connectivity index (χ1v) is 10.2. The summed E-state index contributed by atoms with van der Waals surface area (Å²) in [7, 11) is 0. The molecule has 2 aliphatic rings. The number of nitrogens with two attached hydrogens (primary N) is 1. The molecule has 6 nitrogen and oxygen atoms in total. The lowest BCUT2D eigenvalue weighted by atomic mass is 9.89. The summed E-state index contributed by atoms with van der Waals surface area (Å²) in [5.74, 6) is 0.0604. The zero-order valence-corrected chi connectivity index (χ0v) is 16.4. The van der Waals surface area contributed by atoms with Crippen molar-refractivity contribution in [3.8, 4) is 0 Å². The summed E-state index contributed by atoms with van der Waals surface area (Å²) in [6.07, 6.45) is 1.12. The number of carbonyl (C=O) groups is 2. The molecule has 2 N–H and O–H groups in total. The number of piperazine rings is 1. The smallest absolute Gasteiger partial charge is 0.264 e. The molecule has 1 aromatic carbocycles. The number of nitrogens with zero attached hydrogens (tertiary/aromatic N) is 2. The number of thiophene rings is 1. The molecular formula is C20H25N3O3S. The van der Waals surface area contributed by atoms with E-state index in [9.17, 15) is 9.59 Å². The predicted octanol–water partition coefficient (Wildman–Crippen LogP) is 2.00. The van der Waals surface area contributed by atoms with E-state index in [0.29, 0.717) is 52.2 Å². The van der Waals surface area contributed by atoms with Crippen molar-refractivity contribution < 1.29 is 14.3 Å². The van der Waals surface area contributed by atoms with E-state index in [-0.39, 0.29) is 11.8 Å². The molecule has 0 spiro atoms. The van der Waals surface area contributed by atoms with Crippen molar-refractivity contribution in [3.05, 3.63) is 34.7 Å². The fraction of sp³-hybridized carbons (Fsp3) is 0.500. The number of benzene rings is 1. The van der Waals surface area contributed by atoms with Gasteiger partial charge in [-0.2, -0.15) is 0 Å². The van der Waals surface area contributed by atoms with Gasteiger partial charge in [0.25, 0.3) is 5.91 Å². The maximum atomic E-state index is 13.0. The highest BCUT2D eigenvalue weighted by Crippen LogP contribution is 2.31. The van der Waals surface area contributed by atoms with E-state index in [1.54, 1.807) is 11.3 Å². The number of fused-ring (bicyclic) bond motifs is 1. The van der Waals surface area contributed by atoms with Gasteiger partial charge in [-0.3, -0.25) is 9.59 Å².